The molecule has 0 saturated heterocycles. The second-order valence-electron chi connectivity index (χ2n) is 9.33. The van der Waals surface area contributed by atoms with Gasteiger partial charge in [-0.25, -0.2) is 4.79 Å². The molecule has 7 heteroatoms. The number of benzene rings is 1. The molecule has 0 bridgehead atoms. The number of ether oxygens (including phenoxy) is 2. The molecule has 1 aliphatic carbocycles. The fraction of sp³-hybridized carbons (Fsp3) is 0.520. The SMILES string of the molecule is CCCCCOC(=O)C1=C(C)NC2=C(C(=O)CC(C)(C)C2)[C@H]1c1cc(Cl)c(O)c(OC)c1. The molecule has 0 saturated carbocycles. The Bertz CT molecular complexity index is 992. The first-order chi connectivity index (χ1) is 15.1. The number of nitrogens with one attached hydrogen (secondary N) is 1. The molecule has 1 aromatic carbocycles. The van der Waals surface area contributed by atoms with Gasteiger partial charge in [0.15, 0.2) is 17.3 Å². The highest BCUT2D eigenvalue weighted by Crippen LogP contribution is 2.48. The molecule has 0 spiro atoms. The molecule has 2 aliphatic rings. The van der Waals surface area contributed by atoms with E-state index in [9.17, 15) is 14.7 Å². The molecule has 2 N–H and O–H groups in total. The third kappa shape index (κ3) is 4.80. The predicted octanol–water partition coefficient (Wildman–Crippen LogP) is 5.39. The lowest BCUT2D eigenvalue weighted by Gasteiger charge is -2.39. The van der Waals surface area contributed by atoms with Gasteiger partial charge in [-0.1, -0.05) is 45.2 Å². The molecular weight excluding hydrogens is 430 g/mol. The quantitative estimate of drug-likeness (QED) is 0.418. The summed E-state index contributed by atoms with van der Waals surface area (Å²) in [6.45, 7) is 8.35. The van der Waals surface area contributed by atoms with Crippen LogP contribution in [0.1, 0.15) is 71.3 Å². The Kier molecular flexibility index (Phi) is 7.23. The number of allylic oxidation sites excluding steroid dienone is 3. The Morgan fingerprint density at radius 1 is 1.28 bits per heavy atom. The minimum absolute atomic E-state index is 0.0132. The first-order valence-corrected chi connectivity index (χ1v) is 11.4. The predicted molar refractivity (Wildman–Crippen MR) is 124 cm³/mol. The summed E-state index contributed by atoms with van der Waals surface area (Å²) in [4.78, 5) is 26.5. The van der Waals surface area contributed by atoms with Gasteiger partial charge in [-0.3, -0.25) is 4.79 Å². The van der Waals surface area contributed by atoms with Crippen LogP contribution in [0.3, 0.4) is 0 Å². The highest BCUT2D eigenvalue weighted by molar-refractivity contribution is 6.32. The van der Waals surface area contributed by atoms with E-state index < -0.39 is 11.9 Å². The van der Waals surface area contributed by atoms with E-state index in [1.54, 1.807) is 12.1 Å². The van der Waals surface area contributed by atoms with Crippen molar-refractivity contribution in [3.63, 3.8) is 0 Å². The van der Waals surface area contributed by atoms with Gasteiger partial charge in [0.1, 0.15) is 0 Å². The summed E-state index contributed by atoms with van der Waals surface area (Å²) in [6, 6.07) is 3.22. The van der Waals surface area contributed by atoms with E-state index in [1.807, 2.05) is 6.92 Å². The maximum atomic E-state index is 13.3. The number of Topliss-reactive ketones (excluding diaryl/α,β-unsaturated/α-hetero) is 1. The van der Waals surface area contributed by atoms with Gasteiger partial charge in [0.2, 0.25) is 0 Å². The van der Waals surface area contributed by atoms with Gasteiger partial charge >= 0.3 is 5.97 Å². The Balaban J connectivity index is 2.12. The van der Waals surface area contributed by atoms with E-state index in [2.05, 4.69) is 26.1 Å². The summed E-state index contributed by atoms with van der Waals surface area (Å²) >= 11 is 6.28. The van der Waals surface area contributed by atoms with E-state index >= 15 is 0 Å². The second-order valence-corrected chi connectivity index (χ2v) is 9.73. The first-order valence-electron chi connectivity index (χ1n) is 11.1. The molecule has 0 unspecified atom stereocenters. The van der Waals surface area contributed by atoms with Gasteiger partial charge in [-0.2, -0.15) is 0 Å². The van der Waals surface area contributed by atoms with Gasteiger partial charge in [0.25, 0.3) is 0 Å². The minimum Gasteiger partial charge on any atom is -0.503 e. The van der Waals surface area contributed by atoms with Crippen LogP contribution in [0.4, 0.5) is 0 Å². The molecule has 6 nitrogen and oxygen atoms in total. The van der Waals surface area contributed by atoms with Crippen molar-refractivity contribution >= 4 is 23.4 Å². The van der Waals surface area contributed by atoms with Crippen LogP contribution in [-0.2, 0) is 14.3 Å². The van der Waals surface area contributed by atoms with Crippen molar-refractivity contribution in [3.8, 4) is 11.5 Å². The number of phenols is 1. The highest BCUT2D eigenvalue weighted by Gasteiger charge is 2.43. The highest BCUT2D eigenvalue weighted by atomic mass is 35.5. The lowest BCUT2D eigenvalue weighted by molar-refractivity contribution is -0.139. The monoisotopic (exact) mass is 461 g/mol. The number of unbranched alkanes of at least 4 members (excludes halogenated alkanes) is 2. The van der Waals surface area contributed by atoms with Crippen molar-refractivity contribution in [3.05, 3.63) is 45.3 Å². The number of carbonyl (C=O) groups excluding carboxylic acids is 2. The largest absolute Gasteiger partial charge is 0.503 e. The maximum absolute atomic E-state index is 13.3. The smallest absolute Gasteiger partial charge is 0.336 e. The van der Waals surface area contributed by atoms with Crippen LogP contribution in [0.2, 0.25) is 5.02 Å². The van der Waals surface area contributed by atoms with E-state index in [0.717, 1.165) is 25.0 Å². The van der Waals surface area contributed by atoms with Crippen molar-refractivity contribution < 1.29 is 24.2 Å². The Morgan fingerprint density at radius 2 is 2.00 bits per heavy atom. The van der Waals surface area contributed by atoms with Crippen LogP contribution in [0.5, 0.6) is 11.5 Å². The number of hydrogen-bond donors (Lipinski definition) is 2. The Hall–Kier alpha value is -2.47. The van der Waals surface area contributed by atoms with Gasteiger partial charge in [-0.15, -0.1) is 0 Å². The first kappa shape index (κ1) is 24.2. The molecule has 1 aromatic rings. The van der Waals surface area contributed by atoms with E-state index in [0.29, 0.717) is 41.9 Å². The Morgan fingerprint density at radius 3 is 2.66 bits per heavy atom. The fourth-order valence-electron chi connectivity index (χ4n) is 4.55. The molecule has 1 atom stereocenters. The number of aromatic hydroxyl groups is 1. The number of dihydropyridines is 1. The summed E-state index contributed by atoms with van der Waals surface area (Å²) in [5.41, 5.74) is 2.83. The topological polar surface area (TPSA) is 84.9 Å². The number of hydrogen-bond acceptors (Lipinski definition) is 6. The average molecular weight is 462 g/mol. The molecule has 1 aliphatic heterocycles. The van der Waals surface area contributed by atoms with E-state index in [-0.39, 0.29) is 27.7 Å². The van der Waals surface area contributed by atoms with Crippen LogP contribution in [-0.4, -0.2) is 30.6 Å². The van der Waals surface area contributed by atoms with Crippen molar-refractivity contribution in [1.29, 1.82) is 0 Å². The third-order valence-electron chi connectivity index (χ3n) is 6.04. The zero-order chi connectivity index (χ0) is 23.6. The van der Waals surface area contributed by atoms with Crippen molar-refractivity contribution in [2.75, 3.05) is 13.7 Å². The number of carbonyl (C=O) groups is 2. The standard InChI is InChI=1S/C25H32ClNO5/c1-6-7-8-9-32-24(30)20-14(2)27-17-12-25(3,4)13-18(28)22(17)21(20)15-10-16(26)23(29)19(11-15)31-5/h10-11,21,27,29H,6-9,12-13H2,1-5H3/t21-/m0/s1. The van der Waals surface area contributed by atoms with Crippen LogP contribution in [0.15, 0.2) is 34.7 Å². The zero-order valence-corrected chi connectivity index (χ0v) is 20.2. The number of halogens is 1. The maximum Gasteiger partial charge on any atom is 0.336 e. The van der Waals surface area contributed by atoms with E-state index in [4.69, 9.17) is 21.1 Å². The third-order valence-corrected chi connectivity index (χ3v) is 6.33. The van der Waals surface area contributed by atoms with Crippen molar-refractivity contribution in [2.24, 2.45) is 5.41 Å². The number of ketones is 1. The second kappa shape index (κ2) is 9.57. The van der Waals surface area contributed by atoms with Crippen LogP contribution >= 0.6 is 11.6 Å². The van der Waals surface area contributed by atoms with E-state index in [1.165, 1.54) is 7.11 Å². The van der Waals surface area contributed by atoms with Gasteiger partial charge in [0.05, 0.1) is 24.3 Å². The molecule has 174 valence electrons. The normalized spacial score (nSPS) is 20.1. The number of esters is 1. The van der Waals surface area contributed by atoms with Crippen molar-refractivity contribution in [1.82, 2.24) is 5.32 Å². The van der Waals surface area contributed by atoms with Crippen molar-refractivity contribution in [2.45, 2.75) is 65.7 Å². The lowest BCUT2D eigenvalue weighted by Crippen LogP contribution is -2.38. The molecule has 3 rings (SSSR count). The Labute approximate surface area is 194 Å². The summed E-state index contributed by atoms with van der Waals surface area (Å²) in [5, 5.41) is 13.6. The molecule has 1 heterocycles. The van der Waals surface area contributed by atoms with Crippen LogP contribution < -0.4 is 10.1 Å². The summed E-state index contributed by atoms with van der Waals surface area (Å²) in [7, 11) is 1.43. The lowest BCUT2D eigenvalue weighted by atomic mass is 9.68. The van der Waals surface area contributed by atoms with Crippen LogP contribution in [0.25, 0.3) is 0 Å². The van der Waals surface area contributed by atoms with Gasteiger partial charge in [0, 0.05) is 29.3 Å². The number of rotatable bonds is 7. The summed E-state index contributed by atoms with van der Waals surface area (Å²) in [5.74, 6) is -1.11. The molecule has 0 aromatic heterocycles. The molecule has 0 radical (unpaired) electrons. The number of methoxy groups -OCH3 is 1. The van der Waals surface area contributed by atoms with Gasteiger partial charge in [-0.05, 0) is 42.9 Å². The zero-order valence-electron chi connectivity index (χ0n) is 19.4. The van der Waals surface area contributed by atoms with Crippen LogP contribution in [0, 0.1) is 5.41 Å². The summed E-state index contributed by atoms with van der Waals surface area (Å²) < 4.78 is 10.9. The molecule has 0 fully saturated rings. The molecular formula is C25H32ClNO5. The summed E-state index contributed by atoms with van der Waals surface area (Å²) in [6.07, 6.45) is 3.84. The minimum atomic E-state index is -0.652. The molecule has 0 amide bonds. The molecule has 32 heavy (non-hydrogen) atoms. The van der Waals surface area contributed by atoms with Gasteiger partial charge < -0.3 is 19.9 Å². The fourth-order valence-corrected chi connectivity index (χ4v) is 4.77. The number of phenolic OH excluding ortho intramolecular Hbond substituents is 1. The average Bonchev–Trinajstić information content (AvgIpc) is 2.71.